The fourth-order valence-electron chi connectivity index (χ4n) is 1.56. The van der Waals surface area contributed by atoms with E-state index in [9.17, 15) is 5.21 Å². The van der Waals surface area contributed by atoms with Gasteiger partial charge < -0.3 is 10.9 Å². The van der Waals surface area contributed by atoms with Crippen LogP contribution in [0.5, 0.6) is 0 Å². The van der Waals surface area contributed by atoms with E-state index in [1.165, 1.54) is 7.11 Å². The highest BCUT2D eigenvalue weighted by molar-refractivity contribution is 5.88. The SMILES string of the molecule is CO[NH+]([O-])c1ccc([NH+]2C=NC(C)=N2)c(N)c1. The largest absolute Gasteiger partial charge is 0.595 e. The molecular weight excluding hydrogens is 222 g/mol. The van der Waals surface area contributed by atoms with Crippen LogP contribution in [0.2, 0.25) is 0 Å². The summed E-state index contributed by atoms with van der Waals surface area (Å²) < 4.78 is 0. The highest BCUT2D eigenvalue weighted by Crippen LogP contribution is 2.17. The normalized spacial score (nSPS) is 20.4. The second-order valence-corrected chi connectivity index (χ2v) is 3.60. The van der Waals surface area contributed by atoms with Crippen LogP contribution in [0.4, 0.5) is 17.1 Å². The molecule has 2 rings (SSSR count). The molecule has 0 saturated heterocycles. The van der Waals surface area contributed by atoms with Gasteiger partial charge in [0.2, 0.25) is 6.34 Å². The van der Waals surface area contributed by atoms with Gasteiger partial charge in [-0.3, -0.25) is 0 Å². The van der Waals surface area contributed by atoms with E-state index in [0.717, 1.165) is 5.69 Å². The Balaban J connectivity index is 2.29. The molecule has 17 heavy (non-hydrogen) atoms. The standard InChI is InChI=1S/C10H13N5O2/c1-7-12-6-14(13-7)10-4-3-8(5-9(10)11)15(16)17-2/h3-6,15H,11H2,1-2H3/p+1. The lowest BCUT2D eigenvalue weighted by Crippen LogP contribution is -3.01. The number of anilines is 1. The van der Waals surface area contributed by atoms with Crippen LogP contribution >= 0.6 is 0 Å². The van der Waals surface area contributed by atoms with E-state index in [4.69, 9.17) is 5.73 Å². The minimum absolute atomic E-state index is 0.409. The molecule has 4 N–H and O–H groups in total. The quantitative estimate of drug-likeness (QED) is 0.451. The van der Waals surface area contributed by atoms with Crippen molar-refractivity contribution >= 4 is 29.2 Å². The van der Waals surface area contributed by atoms with Gasteiger partial charge in [0, 0.05) is 25.1 Å². The molecule has 7 heteroatoms. The molecule has 1 heterocycles. The summed E-state index contributed by atoms with van der Waals surface area (Å²) in [4.78, 5) is 8.67. The number of hydrogen-bond donors (Lipinski definition) is 3. The van der Waals surface area contributed by atoms with E-state index in [-0.39, 0.29) is 0 Å². The molecule has 0 fully saturated rings. The Morgan fingerprint density at radius 2 is 2.24 bits per heavy atom. The Morgan fingerprint density at radius 3 is 2.76 bits per heavy atom. The number of benzene rings is 1. The molecule has 1 aromatic rings. The van der Waals surface area contributed by atoms with E-state index < -0.39 is 5.23 Å². The third kappa shape index (κ3) is 2.32. The van der Waals surface area contributed by atoms with Crippen molar-refractivity contribution in [2.45, 2.75) is 6.92 Å². The van der Waals surface area contributed by atoms with Crippen LogP contribution < -0.4 is 16.0 Å². The van der Waals surface area contributed by atoms with Crippen molar-refractivity contribution in [1.29, 1.82) is 0 Å². The van der Waals surface area contributed by atoms with Gasteiger partial charge >= 0.3 is 0 Å². The fourth-order valence-corrected chi connectivity index (χ4v) is 1.56. The first kappa shape index (κ1) is 11.7. The summed E-state index contributed by atoms with van der Waals surface area (Å²) >= 11 is 0. The Kier molecular flexibility index (Phi) is 3.16. The van der Waals surface area contributed by atoms with Crippen LogP contribution in [0.1, 0.15) is 6.92 Å². The molecule has 0 saturated carbocycles. The summed E-state index contributed by atoms with van der Waals surface area (Å²) in [6.07, 6.45) is 1.65. The molecule has 1 aliphatic heterocycles. The molecule has 1 aliphatic rings. The van der Waals surface area contributed by atoms with Crippen LogP contribution in [-0.4, -0.2) is 19.3 Å². The highest BCUT2D eigenvalue weighted by atomic mass is 16.9. The molecule has 0 spiro atoms. The molecule has 0 radical (unpaired) electrons. The lowest BCUT2D eigenvalue weighted by atomic mass is 10.2. The summed E-state index contributed by atoms with van der Waals surface area (Å²) in [5, 5.41) is 15.8. The molecule has 2 atom stereocenters. The van der Waals surface area contributed by atoms with Crippen LogP contribution in [-0.2, 0) is 4.84 Å². The Hall–Kier alpha value is -1.80. The van der Waals surface area contributed by atoms with Crippen LogP contribution in [0.3, 0.4) is 0 Å². The zero-order valence-corrected chi connectivity index (χ0v) is 9.60. The average molecular weight is 236 g/mol. The summed E-state index contributed by atoms with van der Waals surface area (Å²) in [7, 11) is 1.33. The molecule has 0 aliphatic carbocycles. The van der Waals surface area contributed by atoms with Crippen molar-refractivity contribution in [1.82, 2.24) is 0 Å². The zero-order valence-electron chi connectivity index (χ0n) is 9.60. The van der Waals surface area contributed by atoms with Crippen molar-refractivity contribution in [2.75, 3.05) is 12.8 Å². The molecule has 1 aromatic carbocycles. The van der Waals surface area contributed by atoms with Gasteiger partial charge in [-0.15, -0.1) is 5.01 Å². The zero-order chi connectivity index (χ0) is 12.4. The number of amidine groups is 1. The lowest BCUT2D eigenvalue weighted by molar-refractivity contribution is -0.992. The van der Waals surface area contributed by atoms with E-state index in [0.29, 0.717) is 22.2 Å². The number of aliphatic imine (C=N–C) groups is 1. The van der Waals surface area contributed by atoms with Gasteiger partial charge in [0.15, 0.2) is 17.2 Å². The van der Waals surface area contributed by atoms with Gasteiger partial charge in [-0.05, 0) is 0 Å². The Morgan fingerprint density at radius 1 is 1.47 bits per heavy atom. The molecule has 0 aromatic heterocycles. The minimum atomic E-state index is -0.409. The number of hydrogen-bond acceptors (Lipinski definition) is 5. The first-order valence-corrected chi connectivity index (χ1v) is 5.06. The van der Waals surface area contributed by atoms with Crippen molar-refractivity contribution in [2.24, 2.45) is 10.1 Å². The third-order valence-corrected chi connectivity index (χ3v) is 2.40. The first-order valence-electron chi connectivity index (χ1n) is 5.06. The van der Waals surface area contributed by atoms with Crippen molar-refractivity contribution < 1.29 is 15.1 Å². The second-order valence-electron chi connectivity index (χ2n) is 3.60. The minimum Gasteiger partial charge on any atom is -0.595 e. The Labute approximate surface area is 98.3 Å². The van der Waals surface area contributed by atoms with Crippen molar-refractivity contribution in [3.8, 4) is 0 Å². The van der Waals surface area contributed by atoms with Crippen LogP contribution in [0, 0.1) is 5.21 Å². The third-order valence-electron chi connectivity index (χ3n) is 2.40. The topological polar surface area (TPSA) is 91.9 Å². The maximum atomic E-state index is 11.3. The lowest BCUT2D eigenvalue weighted by Gasteiger charge is -2.17. The van der Waals surface area contributed by atoms with Gasteiger partial charge in [-0.25, -0.2) is 4.84 Å². The molecule has 0 bridgehead atoms. The van der Waals surface area contributed by atoms with Gasteiger partial charge in [0.1, 0.15) is 5.69 Å². The maximum Gasteiger partial charge on any atom is 0.222 e. The Bertz CT molecular complexity index is 486. The smallest absolute Gasteiger partial charge is 0.222 e. The molecule has 0 amide bonds. The number of nitrogens with one attached hydrogen (secondary N) is 2. The van der Waals surface area contributed by atoms with E-state index in [2.05, 4.69) is 14.9 Å². The van der Waals surface area contributed by atoms with E-state index >= 15 is 0 Å². The highest BCUT2D eigenvalue weighted by Gasteiger charge is 2.19. The van der Waals surface area contributed by atoms with Gasteiger partial charge in [0.05, 0.1) is 7.11 Å². The molecule has 90 valence electrons. The summed E-state index contributed by atoms with van der Waals surface area (Å²) in [6, 6.07) is 4.97. The predicted molar refractivity (Wildman–Crippen MR) is 64.1 cm³/mol. The average Bonchev–Trinajstić information content (AvgIpc) is 2.74. The monoisotopic (exact) mass is 236 g/mol. The first-order chi connectivity index (χ1) is 8.11. The number of nitrogen functional groups attached to an aromatic ring is 1. The predicted octanol–water partition coefficient (Wildman–Crippen LogP) is -1.26. The summed E-state index contributed by atoms with van der Waals surface area (Å²) in [6.45, 7) is 1.81. The fraction of sp³-hybridized carbons (Fsp3) is 0.200. The number of nitrogens with two attached hydrogens (primary N) is 1. The van der Waals surface area contributed by atoms with E-state index in [1.54, 1.807) is 24.5 Å². The summed E-state index contributed by atoms with van der Waals surface area (Å²) in [5.74, 6) is 0.691. The van der Waals surface area contributed by atoms with Crippen LogP contribution in [0.25, 0.3) is 0 Å². The van der Waals surface area contributed by atoms with Crippen molar-refractivity contribution in [3.05, 3.63) is 23.4 Å². The van der Waals surface area contributed by atoms with E-state index in [1.807, 2.05) is 6.92 Å². The van der Waals surface area contributed by atoms with Gasteiger partial charge in [0.25, 0.3) is 0 Å². The number of nitrogens with zero attached hydrogens (tertiary/aromatic N) is 2. The molecule has 2 unspecified atom stereocenters. The van der Waals surface area contributed by atoms with Gasteiger partial charge in [-0.2, -0.15) is 10.2 Å². The second kappa shape index (κ2) is 4.60. The van der Waals surface area contributed by atoms with Crippen molar-refractivity contribution in [3.63, 3.8) is 0 Å². The number of rotatable bonds is 3. The number of quaternary nitrogens is 2. The van der Waals surface area contributed by atoms with Crippen LogP contribution in [0.15, 0.2) is 28.3 Å². The molecule has 7 nitrogen and oxygen atoms in total. The molecular formula is C10H14N5O2+. The maximum absolute atomic E-state index is 11.3. The summed E-state index contributed by atoms with van der Waals surface area (Å²) in [5.41, 5.74) is 7.54. The van der Waals surface area contributed by atoms with Gasteiger partial charge in [-0.1, -0.05) is 5.10 Å².